The van der Waals surface area contributed by atoms with Gasteiger partial charge in [-0.2, -0.15) is 0 Å². The Balaban J connectivity index is 2.03. The molecule has 0 saturated carbocycles. The fourth-order valence-electron chi connectivity index (χ4n) is 2.71. The van der Waals surface area contributed by atoms with E-state index in [1.165, 1.54) is 18.6 Å². The zero-order valence-corrected chi connectivity index (χ0v) is 11.0. The van der Waals surface area contributed by atoms with Crippen molar-refractivity contribution in [2.45, 2.75) is 38.1 Å². The fourth-order valence-corrected chi connectivity index (χ4v) is 2.71. The maximum atomic E-state index is 12.9. The zero-order chi connectivity index (χ0) is 13.7. The van der Waals surface area contributed by atoms with Gasteiger partial charge in [0.15, 0.2) is 0 Å². The topological polar surface area (TPSA) is 40.5 Å². The zero-order valence-electron chi connectivity index (χ0n) is 11.0. The van der Waals surface area contributed by atoms with E-state index < -0.39 is 5.97 Å². The number of hydrogen-bond donors (Lipinski definition) is 1. The Morgan fingerprint density at radius 3 is 2.42 bits per heavy atom. The van der Waals surface area contributed by atoms with Crippen molar-refractivity contribution in [3.05, 3.63) is 35.6 Å². The van der Waals surface area contributed by atoms with Gasteiger partial charge in [0, 0.05) is 6.04 Å². The molecular formula is C15H20FNO2. The second-order valence-electron chi connectivity index (χ2n) is 5.18. The van der Waals surface area contributed by atoms with Gasteiger partial charge in [-0.15, -0.1) is 0 Å². The lowest BCUT2D eigenvalue weighted by molar-refractivity contribution is -0.138. The van der Waals surface area contributed by atoms with Crippen LogP contribution in [0.1, 0.15) is 31.2 Å². The van der Waals surface area contributed by atoms with Gasteiger partial charge in [-0.25, -0.2) is 4.39 Å². The van der Waals surface area contributed by atoms with Crippen LogP contribution in [0, 0.1) is 5.82 Å². The first-order valence-electron chi connectivity index (χ1n) is 6.85. The van der Waals surface area contributed by atoms with Crippen LogP contribution in [-0.2, 0) is 11.2 Å². The van der Waals surface area contributed by atoms with Crippen molar-refractivity contribution >= 4 is 5.97 Å². The third kappa shape index (κ3) is 4.31. The van der Waals surface area contributed by atoms with E-state index in [2.05, 4.69) is 4.90 Å². The Morgan fingerprint density at radius 2 is 1.84 bits per heavy atom. The Hall–Kier alpha value is -1.42. The number of benzene rings is 1. The Morgan fingerprint density at radius 1 is 1.21 bits per heavy atom. The molecule has 1 aromatic rings. The van der Waals surface area contributed by atoms with E-state index in [9.17, 15) is 9.18 Å². The minimum absolute atomic E-state index is 0.0169. The summed E-state index contributed by atoms with van der Waals surface area (Å²) in [5.41, 5.74) is 0.998. The molecule has 0 bridgehead atoms. The van der Waals surface area contributed by atoms with Crippen LogP contribution in [0.25, 0.3) is 0 Å². The second kappa shape index (κ2) is 6.66. The number of rotatable bonds is 5. The second-order valence-corrected chi connectivity index (χ2v) is 5.18. The van der Waals surface area contributed by atoms with Gasteiger partial charge in [0.2, 0.25) is 0 Å². The van der Waals surface area contributed by atoms with E-state index in [0.29, 0.717) is 6.42 Å². The summed E-state index contributed by atoms with van der Waals surface area (Å²) in [7, 11) is 0. The van der Waals surface area contributed by atoms with Crippen LogP contribution in [0.3, 0.4) is 0 Å². The Labute approximate surface area is 113 Å². The summed E-state index contributed by atoms with van der Waals surface area (Å²) in [5.74, 6) is -1.02. The summed E-state index contributed by atoms with van der Waals surface area (Å²) in [5, 5.41) is 9.05. The fraction of sp³-hybridized carbons (Fsp3) is 0.533. The van der Waals surface area contributed by atoms with E-state index in [1.54, 1.807) is 12.1 Å². The molecule has 1 aromatic carbocycles. The van der Waals surface area contributed by atoms with Crippen molar-refractivity contribution in [3.8, 4) is 0 Å². The Kier molecular flexibility index (Phi) is 4.91. The van der Waals surface area contributed by atoms with Gasteiger partial charge in [-0.3, -0.25) is 9.69 Å². The molecule has 0 amide bonds. The number of carboxylic acid groups (broad SMARTS) is 1. The average Bonchev–Trinajstić information content (AvgIpc) is 2.41. The molecule has 1 aliphatic rings. The molecular weight excluding hydrogens is 245 g/mol. The van der Waals surface area contributed by atoms with E-state index in [4.69, 9.17) is 5.11 Å². The minimum atomic E-state index is -0.766. The van der Waals surface area contributed by atoms with Crippen LogP contribution < -0.4 is 0 Å². The predicted octanol–water partition coefficient (Wildman–Crippen LogP) is 2.70. The van der Waals surface area contributed by atoms with Gasteiger partial charge in [0.05, 0.1) is 6.42 Å². The molecule has 0 spiro atoms. The number of aliphatic carboxylic acids is 1. The molecule has 1 atom stereocenters. The first-order valence-corrected chi connectivity index (χ1v) is 6.85. The average molecular weight is 265 g/mol. The van der Waals surface area contributed by atoms with Crippen LogP contribution in [0.15, 0.2) is 24.3 Å². The third-order valence-electron chi connectivity index (χ3n) is 3.70. The first kappa shape index (κ1) is 14.0. The molecule has 4 heteroatoms. The maximum absolute atomic E-state index is 12.9. The lowest BCUT2D eigenvalue weighted by Crippen LogP contribution is -2.41. The maximum Gasteiger partial charge on any atom is 0.304 e. The van der Waals surface area contributed by atoms with E-state index in [1.807, 2.05) is 0 Å². The van der Waals surface area contributed by atoms with Gasteiger partial charge >= 0.3 is 5.97 Å². The Bertz CT molecular complexity index is 413. The highest BCUT2D eigenvalue weighted by molar-refractivity contribution is 5.67. The smallest absolute Gasteiger partial charge is 0.304 e. The molecule has 1 unspecified atom stereocenters. The van der Waals surface area contributed by atoms with Crippen LogP contribution in [-0.4, -0.2) is 35.1 Å². The highest BCUT2D eigenvalue weighted by Crippen LogP contribution is 2.18. The summed E-state index contributed by atoms with van der Waals surface area (Å²) in [6.45, 7) is 1.94. The number of hydrogen-bond acceptors (Lipinski definition) is 2. The first-order chi connectivity index (χ1) is 9.15. The van der Waals surface area contributed by atoms with E-state index in [-0.39, 0.29) is 18.3 Å². The number of halogens is 1. The normalized spacial score (nSPS) is 18.2. The van der Waals surface area contributed by atoms with Crippen molar-refractivity contribution in [2.24, 2.45) is 0 Å². The molecule has 1 N–H and O–H groups in total. The van der Waals surface area contributed by atoms with Gasteiger partial charge in [-0.05, 0) is 50.0 Å². The summed E-state index contributed by atoms with van der Waals surface area (Å²) < 4.78 is 12.9. The highest BCUT2D eigenvalue weighted by Gasteiger charge is 2.23. The SMILES string of the molecule is O=C(O)CC(Cc1ccc(F)cc1)N1CCCCC1. The standard InChI is InChI=1S/C15H20FNO2/c16-13-6-4-12(5-7-13)10-14(11-15(18)19)17-8-2-1-3-9-17/h4-7,14H,1-3,8-11H2,(H,18,19). The lowest BCUT2D eigenvalue weighted by Gasteiger charge is -2.34. The molecule has 0 radical (unpaired) electrons. The number of likely N-dealkylation sites (tertiary alicyclic amines) is 1. The summed E-state index contributed by atoms with van der Waals surface area (Å²) in [4.78, 5) is 13.3. The van der Waals surface area contributed by atoms with Crippen molar-refractivity contribution in [2.75, 3.05) is 13.1 Å². The van der Waals surface area contributed by atoms with Crippen molar-refractivity contribution in [1.29, 1.82) is 0 Å². The summed E-state index contributed by atoms with van der Waals surface area (Å²) in [6, 6.07) is 6.37. The third-order valence-corrected chi connectivity index (χ3v) is 3.70. The molecule has 1 fully saturated rings. The largest absolute Gasteiger partial charge is 0.481 e. The molecule has 0 aromatic heterocycles. The summed E-state index contributed by atoms with van der Waals surface area (Å²) >= 11 is 0. The van der Waals surface area contributed by atoms with E-state index in [0.717, 1.165) is 31.5 Å². The number of carbonyl (C=O) groups is 1. The van der Waals surface area contributed by atoms with Crippen LogP contribution in [0.2, 0.25) is 0 Å². The number of piperidine rings is 1. The summed E-state index contributed by atoms with van der Waals surface area (Å²) in [6.07, 6.45) is 4.33. The number of carboxylic acids is 1. The monoisotopic (exact) mass is 265 g/mol. The van der Waals surface area contributed by atoms with Crippen molar-refractivity contribution in [3.63, 3.8) is 0 Å². The van der Waals surface area contributed by atoms with Gasteiger partial charge in [0.25, 0.3) is 0 Å². The quantitative estimate of drug-likeness (QED) is 0.890. The van der Waals surface area contributed by atoms with Crippen LogP contribution >= 0.6 is 0 Å². The number of nitrogens with zero attached hydrogens (tertiary/aromatic N) is 1. The van der Waals surface area contributed by atoms with Crippen LogP contribution in [0.5, 0.6) is 0 Å². The van der Waals surface area contributed by atoms with Gasteiger partial charge < -0.3 is 5.11 Å². The highest BCUT2D eigenvalue weighted by atomic mass is 19.1. The minimum Gasteiger partial charge on any atom is -0.481 e. The predicted molar refractivity (Wildman–Crippen MR) is 71.6 cm³/mol. The van der Waals surface area contributed by atoms with Crippen LogP contribution in [0.4, 0.5) is 4.39 Å². The molecule has 19 heavy (non-hydrogen) atoms. The molecule has 1 aliphatic heterocycles. The molecule has 1 saturated heterocycles. The van der Waals surface area contributed by atoms with Gasteiger partial charge in [0.1, 0.15) is 5.82 Å². The van der Waals surface area contributed by atoms with Gasteiger partial charge in [-0.1, -0.05) is 18.6 Å². The van der Waals surface area contributed by atoms with Crippen molar-refractivity contribution < 1.29 is 14.3 Å². The molecule has 1 heterocycles. The molecule has 3 nitrogen and oxygen atoms in total. The van der Waals surface area contributed by atoms with Crippen molar-refractivity contribution in [1.82, 2.24) is 4.90 Å². The van der Waals surface area contributed by atoms with E-state index >= 15 is 0 Å². The molecule has 2 rings (SSSR count). The lowest BCUT2D eigenvalue weighted by atomic mass is 9.99. The molecule has 0 aliphatic carbocycles. The molecule has 104 valence electrons.